The molecule has 7 heteroatoms. The largest absolute Gasteiger partial charge is 0.490 e. The molecular formula is C16H22F2N2O3. The van der Waals surface area contributed by atoms with Gasteiger partial charge in [0.2, 0.25) is 5.91 Å². The highest BCUT2D eigenvalue weighted by Gasteiger charge is 2.17. The Labute approximate surface area is 134 Å². The number of nitrogens with one attached hydrogen (secondary N) is 2. The van der Waals surface area contributed by atoms with E-state index < -0.39 is 6.61 Å². The minimum atomic E-state index is -2.90. The van der Waals surface area contributed by atoms with Crippen molar-refractivity contribution in [1.29, 1.82) is 0 Å². The van der Waals surface area contributed by atoms with Crippen LogP contribution in [0.3, 0.4) is 0 Å². The lowest BCUT2D eigenvalue weighted by molar-refractivity contribution is -0.121. The summed E-state index contributed by atoms with van der Waals surface area (Å²) in [5.41, 5.74) is 0.766. The van der Waals surface area contributed by atoms with Crippen LogP contribution in [-0.4, -0.2) is 31.7 Å². The van der Waals surface area contributed by atoms with Crippen molar-refractivity contribution in [1.82, 2.24) is 10.6 Å². The monoisotopic (exact) mass is 328 g/mol. The number of carbonyl (C=O) groups excluding carboxylic acids is 1. The highest BCUT2D eigenvalue weighted by molar-refractivity contribution is 5.76. The van der Waals surface area contributed by atoms with E-state index in [2.05, 4.69) is 15.4 Å². The van der Waals surface area contributed by atoms with Gasteiger partial charge in [-0.05, 0) is 44.0 Å². The summed E-state index contributed by atoms with van der Waals surface area (Å²) in [4.78, 5) is 11.9. The molecule has 2 rings (SSSR count). The van der Waals surface area contributed by atoms with Crippen LogP contribution < -0.4 is 20.1 Å². The second-order valence-electron chi connectivity index (χ2n) is 5.37. The summed E-state index contributed by atoms with van der Waals surface area (Å²) in [5, 5.41) is 6.10. The summed E-state index contributed by atoms with van der Waals surface area (Å²) in [6, 6.07) is 4.91. The average Bonchev–Trinajstić information content (AvgIpc) is 3.00. The molecule has 0 aromatic heterocycles. The van der Waals surface area contributed by atoms with Crippen LogP contribution in [0.25, 0.3) is 0 Å². The zero-order valence-electron chi connectivity index (χ0n) is 13.1. The smallest absolute Gasteiger partial charge is 0.387 e. The van der Waals surface area contributed by atoms with Crippen molar-refractivity contribution in [3.8, 4) is 11.5 Å². The molecule has 128 valence electrons. The Hall–Kier alpha value is -1.89. The summed E-state index contributed by atoms with van der Waals surface area (Å²) < 4.78 is 34.4. The Morgan fingerprint density at radius 3 is 2.91 bits per heavy atom. The van der Waals surface area contributed by atoms with E-state index >= 15 is 0 Å². The van der Waals surface area contributed by atoms with Gasteiger partial charge in [-0.15, -0.1) is 0 Å². The van der Waals surface area contributed by atoms with Crippen molar-refractivity contribution in [2.24, 2.45) is 0 Å². The number of carbonyl (C=O) groups is 1. The molecule has 23 heavy (non-hydrogen) atoms. The average molecular weight is 328 g/mol. The Kier molecular flexibility index (Phi) is 6.58. The molecule has 1 unspecified atom stereocenters. The van der Waals surface area contributed by atoms with Gasteiger partial charge in [0, 0.05) is 19.0 Å². The third-order valence-electron chi connectivity index (χ3n) is 3.61. The molecule has 1 fully saturated rings. The third kappa shape index (κ3) is 5.67. The first-order valence-electron chi connectivity index (χ1n) is 7.79. The molecule has 5 nitrogen and oxygen atoms in total. The Bertz CT molecular complexity index is 520. The van der Waals surface area contributed by atoms with Gasteiger partial charge in [-0.25, -0.2) is 0 Å². The van der Waals surface area contributed by atoms with E-state index in [4.69, 9.17) is 4.74 Å². The highest BCUT2D eigenvalue weighted by Crippen LogP contribution is 2.29. The maximum atomic E-state index is 12.3. The van der Waals surface area contributed by atoms with Gasteiger partial charge in [0.05, 0.1) is 6.61 Å². The molecule has 0 aliphatic carbocycles. The number of amides is 1. The van der Waals surface area contributed by atoms with Crippen molar-refractivity contribution < 1.29 is 23.0 Å². The van der Waals surface area contributed by atoms with Crippen LogP contribution in [0.5, 0.6) is 11.5 Å². The molecule has 0 saturated carbocycles. The Morgan fingerprint density at radius 2 is 2.26 bits per heavy atom. The van der Waals surface area contributed by atoms with E-state index in [1.165, 1.54) is 6.07 Å². The molecule has 1 aromatic rings. The zero-order valence-corrected chi connectivity index (χ0v) is 13.1. The maximum absolute atomic E-state index is 12.3. The van der Waals surface area contributed by atoms with E-state index in [9.17, 15) is 13.6 Å². The SMILES string of the molecule is CCOc1cc(CNC(=O)CC2CCCN2)ccc1OC(F)F. The van der Waals surface area contributed by atoms with Crippen molar-refractivity contribution in [2.45, 2.75) is 45.4 Å². The lowest BCUT2D eigenvalue weighted by atomic mass is 10.1. The Morgan fingerprint density at radius 1 is 1.43 bits per heavy atom. The second-order valence-corrected chi connectivity index (χ2v) is 5.37. The minimum Gasteiger partial charge on any atom is -0.490 e. The first-order valence-corrected chi connectivity index (χ1v) is 7.79. The van der Waals surface area contributed by atoms with Gasteiger partial charge in [-0.1, -0.05) is 6.07 Å². The fourth-order valence-electron chi connectivity index (χ4n) is 2.55. The van der Waals surface area contributed by atoms with Gasteiger partial charge in [0.25, 0.3) is 0 Å². The van der Waals surface area contributed by atoms with E-state index in [1.807, 2.05) is 0 Å². The van der Waals surface area contributed by atoms with Gasteiger partial charge < -0.3 is 20.1 Å². The molecule has 1 amide bonds. The number of rotatable bonds is 8. The highest BCUT2D eigenvalue weighted by atomic mass is 19.3. The van der Waals surface area contributed by atoms with Gasteiger partial charge in [-0.3, -0.25) is 4.79 Å². The van der Waals surface area contributed by atoms with E-state index in [-0.39, 0.29) is 23.4 Å². The fraction of sp³-hybridized carbons (Fsp3) is 0.562. The van der Waals surface area contributed by atoms with Gasteiger partial charge in [0.1, 0.15) is 0 Å². The summed E-state index contributed by atoms with van der Waals surface area (Å²) >= 11 is 0. The number of hydrogen-bond donors (Lipinski definition) is 2. The van der Waals surface area contributed by atoms with Crippen LogP contribution in [0.15, 0.2) is 18.2 Å². The van der Waals surface area contributed by atoms with Crippen LogP contribution in [-0.2, 0) is 11.3 Å². The minimum absolute atomic E-state index is 0.00733. The predicted molar refractivity (Wildman–Crippen MR) is 81.7 cm³/mol. The van der Waals surface area contributed by atoms with Gasteiger partial charge in [-0.2, -0.15) is 8.78 Å². The number of benzene rings is 1. The van der Waals surface area contributed by atoms with Crippen LogP contribution in [0.1, 0.15) is 31.7 Å². The van der Waals surface area contributed by atoms with Crippen LogP contribution in [0, 0.1) is 0 Å². The summed E-state index contributed by atoms with van der Waals surface area (Å²) in [7, 11) is 0. The molecule has 0 bridgehead atoms. The summed E-state index contributed by atoms with van der Waals surface area (Å²) in [5.74, 6) is 0.208. The maximum Gasteiger partial charge on any atom is 0.387 e. The molecule has 1 aliphatic heterocycles. The van der Waals surface area contributed by atoms with Crippen molar-refractivity contribution >= 4 is 5.91 Å². The molecule has 1 heterocycles. The molecule has 0 spiro atoms. The standard InChI is InChI=1S/C16H22F2N2O3/c1-2-22-14-8-11(5-6-13(14)23-16(17)18)10-20-15(21)9-12-4-3-7-19-12/h5-6,8,12,16,19H,2-4,7,9-10H2,1H3,(H,20,21). The molecule has 1 atom stereocenters. The predicted octanol–water partition coefficient (Wildman–Crippen LogP) is 2.45. The zero-order chi connectivity index (χ0) is 16.7. The van der Waals surface area contributed by atoms with Crippen LogP contribution >= 0.6 is 0 Å². The molecule has 2 N–H and O–H groups in total. The van der Waals surface area contributed by atoms with Crippen molar-refractivity contribution in [2.75, 3.05) is 13.2 Å². The molecular weight excluding hydrogens is 306 g/mol. The first kappa shape index (κ1) is 17.5. The van der Waals surface area contributed by atoms with Crippen molar-refractivity contribution in [3.63, 3.8) is 0 Å². The second kappa shape index (κ2) is 8.67. The van der Waals surface area contributed by atoms with Crippen LogP contribution in [0.4, 0.5) is 8.78 Å². The van der Waals surface area contributed by atoms with Crippen LogP contribution in [0.2, 0.25) is 0 Å². The summed E-state index contributed by atoms with van der Waals surface area (Å²) in [6.45, 7) is 0.471. The quantitative estimate of drug-likeness (QED) is 0.769. The van der Waals surface area contributed by atoms with Gasteiger partial charge >= 0.3 is 6.61 Å². The molecule has 1 saturated heterocycles. The van der Waals surface area contributed by atoms with E-state index in [1.54, 1.807) is 19.1 Å². The number of halogens is 2. The molecule has 1 aromatic carbocycles. The van der Waals surface area contributed by atoms with Gasteiger partial charge in [0.15, 0.2) is 11.5 Å². The Balaban J connectivity index is 1.91. The fourth-order valence-corrected chi connectivity index (χ4v) is 2.55. The first-order chi connectivity index (χ1) is 11.1. The van der Waals surface area contributed by atoms with Crippen molar-refractivity contribution in [3.05, 3.63) is 23.8 Å². The molecule has 0 radical (unpaired) electrons. The number of ether oxygens (including phenoxy) is 2. The molecule has 1 aliphatic rings. The number of hydrogen-bond acceptors (Lipinski definition) is 4. The normalized spacial score (nSPS) is 17.3. The topological polar surface area (TPSA) is 59.6 Å². The van der Waals surface area contributed by atoms with E-state index in [0.29, 0.717) is 19.6 Å². The number of alkyl halides is 2. The van der Waals surface area contributed by atoms with E-state index in [0.717, 1.165) is 24.9 Å². The third-order valence-corrected chi connectivity index (χ3v) is 3.61. The lowest BCUT2D eigenvalue weighted by Crippen LogP contribution is -2.31. The lowest BCUT2D eigenvalue weighted by Gasteiger charge is -2.14. The summed E-state index contributed by atoms with van der Waals surface area (Å²) in [6.07, 6.45) is 2.56.